The van der Waals surface area contributed by atoms with Crippen LogP contribution < -0.4 is 5.73 Å². The Labute approximate surface area is 141 Å². The molecule has 1 atom stereocenters. The largest absolute Gasteiger partial charge is 0.339 e. The predicted octanol–water partition coefficient (Wildman–Crippen LogP) is 1.02. The summed E-state index contributed by atoms with van der Waals surface area (Å²) >= 11 is 0. The van der Waals surface area contributed by atoms with Gasteiger partial charge < -0.3 is 10.6 Å². The molecule has 0 saturated carbocycles. The molecule has 1 amide bonds. The van der Waals surface area contributed by atoms with Crippen molar-refractivity contribution in [1.29, 1.82) is 0 Å². The minimum absolute atomic E-state index is 0. The van der Waals surface area contributed by atoms with Crippen molar-refractivity contribution in [1.82, 2.24) is 25.1 Å². The summed E-state index contributed by atoms with van der Waals surface area (Å²) in [6.07, 6.45) is 1.93. The number of carbonyl (C=O) groups excluding carboxylic acids is 1. The van der Waals surface area contributed by atoms with Gasteiger partial charge in [-0.25, -0.2) is 0 Å². The van der Waals surface area contributed by atoms with E-state index in [1.54, 1.807) is 4.90 Å². The molecule has 2 N–H and O–H groups in total. The van der Waals surface area contributed by atoms with Gasteiger partial charge in [-0.1, -0.05) is 29.8 Å². The van der Waals surface area contributed by atoms with E-state index in [9.17, 15) is 4.79 Å². The van der Waals surface area contributed by atoms with Crippen LogP contribution in [0.4, 0.5) is 0 Å². The molecule has 23 heavy (non-hydrogen) atoms. The van der Waals surface area contributed by atoms with E-state index < -0.39 is 0 Å². The number of rotatable bonds is 3. The molecule has 2 aromatic rings. The van der Waals surface area contributed by atoms with Crippen LogP contribution in [0.25, 0.3) is 11.4 Å². The normalized spacial score (nSPS) is 17.7. The number of likely N-dealkylation sites (tertiary alicyclic amines) is 1. The quantitative estimate of drug-likeness (QED) is 0.903. The van der Waals surface area contributed by atoms with E-state index >= 15 is 0 Å². The molecule has 124 valence electrons. The Bertz CT molecular complexity index is 656. The number of piperidine rings is 1. The fourth-order valence-electron chi connectivity index (χ4n) is 2.59. The Morgan fingerprint density at radius 2 is 2.09 bits per heavy atom. The number of hydrogen-bond acceptors (Lipinski definition) is 5. The van der Waals surface area contributed by atoms with Crippen molar-refractivity contribution in [2.75, 3.05) is 13.1 Å². The number of aromatic nitrogens is 4. The van der Waals surface area contributed by atoms with Gasteiger partial charge in [-0.2, -0.15) is 4.80 Å². The molecule has 7 nitrogen and oxygen atoms in total. The van der Waals surface area contributed by atoms with Crippen LogP contribution in [0, 0.1) is 6.92 Å². The maximum atomic E-state index is 12.2. The fourth-order valence-corrected chi connectivity index (χ4v) is 2.59. The molecule has 1 aliphatic rings. The molecule has 0 radical (unpaired) electrons. The van der Waals surface area contributed by atoms with Gasteiger partial charge in [-0.15, -0.1) is 22.6 Å². The average molecular weight is 337 g/mol. The number of nitrogens with two attached hydrogens (primary N) is 1. The van der Waals surface area contributed by atoms with E-state index in [4.69, 9.17) is 5.73 Å². The molecule has 8 heteroatoms. The summed E-state index contributed by atoms with van der Waals surface area (Å²) in [4.78, 5) is 15.4. The van der Waals surface area contributed by atoms with Crippen molar-refractivity contribution >= 4 is 18.3 Å². The zero-order valence-corrected chi connectivity index (χ0v) is 13.9. The zero-order chi connectivity index (χ0) is 15.5. The molecule has 1 fully saturated rings. The molecule has 1 aromatic heterocycles. The minimum Gasteiger partial charge on any atom is -0.339 e. The Morgan fingerprint density at radius 1 is 1.35 bits per heavy atom. The predicted molar refractivity (Wildman–Crippen MR) is 89.0 cm³/mol. The number of aryl methyl sites for hydroxylation is 1. The Hall–Kier alpha value is -1.99. The van der Waals surface area contributed by atoms with E-state index in [2.05, 4.69) is 15.4 Å². The average Bonchev–Trinajstić information content (AvgIpc) is 2.96. The topological polar surface area (TPSA) is 89.9 Å². The van der Waals surface area contributed by atoms with Gasteiger partial charge in [0.1, 0.15) is 6.54 Å². The lowest BCUT2D eigenvalue weighted by Crippen LogP contribution is -2.46. The van der Waals surface area contributed by atoms with Crippen LogP contribution in [0.1, 0.15) is 18.4 Å². The molecule has 1 unspecified atom stereocenters. The number of amides is 1. The third kappa shape index (κ3) is 4.27. The summed E-state index contributed by atoms with van der Waals surface area (Å²) in [6, 6.07) is 7.96. The second kappa shape index (κ2) is 7.52. The number of tetrazole rings is 1. The van der Waals surface area contributed by atoms with Crippen molar-refractivity contribution < 1.29 is 4.79 Å². The smallest absolute Gasteiger partial charge is 0.246 e. The first-order chi connectivity index (χ1) is 10.6. The molecular weight excluding hydrogens is 316 g/mol. The monoisotopic (exact) mass is 336 g/mol. The van der Waals surface area contributed by atoms with Gasteiger partial charge in [0.25, 0.3) is 0 Å². The van der Waals surface area contributed by atoms with Crippen molar-refractivity contribution in [3.05, 3.63) is 29.8 Å². The molecule has 0 spiro atoms. The first kappa shape index (κ1) is 17.4. The molecule has 1 aromatic carbocycles. The van der Waals surface area contributed by atoms with Crippen molar-refractivity contribution in [3.63, 3.8) is 0 Å². The summed E-state index contributed by atoms with van der Waals surface area (Å²) in [5.74, 6) is 0.520. The van der Waals surface area contributed by atoms with Gasteiger partial charge in [-0.3, -0.25) is 4.79 Å². The number of nitrogens with zero attached hydrogens (tertiary/aromatic N) is 5. The maximum absolute atomic E-state index is 12.2. The maximum Gasteiger partial charge on any atom is 0.246 e. The Balaban J connectivity index is 0.00000192. The molecule has 1 saturated heterocycles. The Morgan fingerprint density at radius 3 is 2.78 bits per heavy atom. The van der Waals surface area contributed by atoms with E-state index in [-0.39, 0.29) is 30.9 Å². The number of benzene rings is 1. The molecular formula is C15H21ClN6O. The highest BCUT2D eigenvalue weighted by atomic mass is 35.5. The molecule has 2 heterocycles. The lowest BCUT2D eigenvalue weighted by molar-refractivity contribution is -0.133. The van der Waals surface area contributed by atoms with E-state index in [0.29, 0.717) is 12.4 Å². The summed E-state index contributed by atoms with van der Waals surface area (Å²) in [5.41, 5.74) is 7.97. The number of carbonyl (C=O) groups is 1. The number of halogens is 1. The summed E-state index contributed by atoms with van der Waals surface area (Å²) in [5, 5.41) is 12.3. The zero-order valence-electron chi connectivity index (χ0n) is 13.1. The second-order valence-electron chi connectivity index (χ2n) is 5.75. The highest BCUT2D eigenvalue weighted by Gasteiger charge is 2.22. The first-order valence-corrected chi connectivity index (χ1v) is 7.50. The van der Waals surface area contributed by atoms with Crippen molar-refractivity contribution in [2.45, 2.75) is 32.4 Å². The van der Waals surface area contributed by atoms with Gasteiger partial charge in [-0.05, 0) is 25.0 Å². The Kier molecular flexibility index (Phi) is 5.68. The summed E-state index contributed by atoms with van der Waals surface area (Å²) in [6.45, 7) is 3.49. The number of hydrogen-bond donors (Lipinski definition) is 1. The fraction of sp³-hybridized carbons (Fsp3) is 0.467. The lowest BCUT2D eigenvalue weighted by atomic mass is 10.1. The van der Waals surface area contributed by atoms with E-state index in [0.717, 1.165) is 24.9 Å². The van der Waals surface area contributed by atoms with Gasteiger partial charge in [0.2, 0.25) is 11.7 Å². The van der Waals surface area contributed by atoms with Crippen molar-refractivity contribution in [2.24, 2.45) is 5.73 Å². The van der Waals surface area contributed by atoms with Crippen LogP contribution in [-0.2, 0) is 11.3 Å². The van der Waals surface area contributed by atoms with Crippen LogP contribution in [0.15, 0.2) is 24.3 Å². The SMILES string of the molecule is Cc1ccc(-c2nnn(CC(=O)N3CCCC(N)C3)n2)cc1.Cl. The van der Waals surface area contributed by atoms with E-state index in [1.165, 1.54) is 10.4 Å². The summed E-state index contributed by atoms with van der Waals surface area (Å²) < 4.78 is 0. The molecule has 0 aliphatic carbocycles. The molecule has 3 rings (SSSR count). The second-order valence-corrected chi connectivity index (χ2v) is 5.75. The van der Waals surface area contributed by atoms with Gasteiger partial charge in [0.05, 0.1) is 0 Å². The van der Waals surface area contributed by atoms with Crippen molar-refractivity contribution in [3.8, 4) is 11.4 Å². The van der Waals surface area contributed by atoms with Crippen LogP contribution in [0.2, 0.25) is 0 Å². The van der Waals surface area contributed by atoms with Crippen LogP contribution in [0.5, 0.6) is 0 Å². The standard InChI is InChI=1S/C15H20N6O.ClH/c1-11-4-6-12(7-5-11)15-17-19-21(18-15)10-14(22)20-8-2-3-13(16)9-20;/h4-7,13H,2-3,8-10,16H2,1H3;1H. The van der Waals surface area contributed by atoms with Crippen LogP contribution in [0.3, 0.4) is 0 Å². The third-order valence-electron chi connectivity index (χ3n) is 3.85. The lowest BCUT2D eigenvalue weighted by Gasteiger charge is -2.30. The van der Waals surface area contributed by atoms with Crippen LogP contribution >= 0.6 is 12.4 Å². The first-order valence-electron chi connectivity index (χ1n) is 7.50. The van der Waals surface area contributed by atoms with Gasteiger partial charge in [0, 0.05) is 24.7 Å². The van der Waals surface area contributed by atoms with E-state index in [1.807, 2.05) is 31.2 Å². The van der Waals surface area contributed by atoms with Crippen LogP contribution in [-0.4, -0.2) is 50.1 Å². The minimum atomic E-state index is -0.0111. The summed E-state index contributed by atoms with van der Waals surface area (Å²) in [7, 11) is 0. The molecule has 1 aliphatic heterocycles. The third-order valence-corrected chi connectivity index (χ3v) is 3.85. The van der Waals surface area contributed by atoms with Gasteiger partial charge >= 0.3 is 0 Å². The highest BCUT2D eigenvalue weighted by Crippen LogP contribution is 2.14. The highest BCUT2D eigenvalue weighted by molar-refractivity contribution is 5.85. The molecule has 0 bridgehead atoms. The van der Waals surface area contributed by atoms with Gasteiger partial charge in [0.15, 0.2) is 0 Å².